The smallest absolute Gasteiger partial charge is 0.269 e. The summed E-state index contributed by atoms with van der Waals surface area (Å²) < 4.78 is 0. The number of rotatable bonds is 1. The molecular weight excluding hydrogens is 232 g/mol. The van der Waals surface area contributed by atoms with Crippen molar-refractivity contribution in [3.05, 3.63) is 39.4 Å². The van der Waals surface area contributed by atoms with Gasteiger partial charge in [0.05, 0.1) is 11.0 Å². The second-order valence-electron chi connectivity index (χ2n) is 3.70. The summed E-state index contributed by atoms with van der Waals surface area (Å²) in [5, 5.41) is 23.1. The molecule has 1 atom stereocenters. The van der Waals surface area contributed by atoms with E-state index in [1.165, 1.54) is 6.07 Å². The highest BCUT2D eigenvalue weighted by Gasteiger charge is 2.16. The van der Waals surface area contributed by atoms with E-state index in [0.29, 0.717) is 19.5 Å². The Kier molecular flexibility index (Phi) is 4.23. The van der Waals surface area contributed by atoms with Crippen LogP contribution in [-0.2, 0) is 13.0 Å². The first-order valence-corrected chi connectivity index (χ1v) is 4.82. The van der Waals surface area contributed by atoms with Gasteiger partial charge in [-0.15, -0.1) is 12.4 Å². The number of aliphatic hydroxyl groups excluding tert-OH is 1. The Morgan fingerprint density at radius 3 is 2.88 bits per heavy atom. The lowest BCUT2D eigenvalue weighted by atomic mass is 10.0. The summed E-state index contributed by atoms with van der Waals surface area (Å²) in [6.45, 7) is 1.11. The number of β-amino-alcohol motifs (C(OH)–C–C–N with tert-alkyl or cyclic N) is 1. The number of nitrogens with one attached hydrogen (secondary N) is 1. The van der Waals surface area contributed by atoms with Crippen molar-refractivity contribution >= 4 is 18.1 Å². The summed E-state index contributed by atoms with van der Waals surface area (Å²) in [7, 11) is 0. The average molecular weight is 245 g/mol. The average Bonchev–Trinajstić information content (AvgIpc) is 2.37. The molecule has 1 aliphatic rings. The van der Waals surface area contributed by atoms with Gasteiger partial charge in [0.15, 0.2) is 0 Å². The maximum atomic E-state index is 10.6. The third kappa shape index (κ3) is 2.69. The summed E-state index contributed by atoms with van der Waals surface area (Å²) in [6, 6.07) is 4.78. The number of nitro groups is 1. The van der Waals surface area contributed by atoms with Gasteiger partial charge in [0.2, 0.25) is 0 Å². The van der Waals surface area contributed by atoms with E-state index < -0.39 is 11.0 Å². The highest BCUT2D eigenvalue weighted by Crippen LogP contribution is 2.20. The van der Waals surface area contributed by atoms with Gasteiger partial charge in [-0.25, -0.2) is 0 Å². The molecule has 16 heavy (non-hydrogen) atoms. The minimum atomic E-state index is -0.410. The molecule has 0 radical (unpaired) electrons. The van der Waals surface area contributed by atoms with E-state index in [4.69, 9.17) is 0 Å². The van der Waals surface area contributed by atoms with E-state index in [0.717, 1.165) is 11.1 Å². The first kappa shape index (κ1) is 12.9. The minimum absolute atomic E-state index is 0. The summed E-state index contributed by atoms with van der Waals surface area (Å²) in [5.41, 5.74) is 1.99. The number of nitro benzene ring substituents is 1. The molecule has 1 aromatic carbocycles. The number of halogens is 1. The third-order valence-electron chi connectivity index (χ3n) is 2.55. The molecule has 0 saturated heterocycles. The molecule has 88 valence electrons. The van der Waals surface area contributed by atoms with E-state index in [1.807, 2.05) is 0 Å². The highest BCUT2D eigenvalue weighted by atomic mass is 35.5. The standard InChI is InChI=1S/C10H12N2O3.ClH/c13-10-4-7-1-2-9(12(14)15)3-8(7)5-11-6-10;/h1-3,10-11,13H,4-6H2;1H. The van der Waals surface area contributed by atoms with Crippen molar-refractivity contribution in [1.29, 1.82) is 0 Å². The topological polar surface area (TPSA) is 75.4 Å². The number of nitrogens with zero attached hydrogens (tertiary/aromatic N) is 1. The van der Waals surface area contributed by atoms with Crippen LogP contribution in [0.3, 0.4) is 0 Å². The molecule has 5 nitrogen and oxygen atoms in total. The van der Waals surface area contributed by atoms with E-state index in [1.54, 1.807) is 12.1 Å². The number of hydrogen-bond acceptors (Lipinski definition) is 4. The predicted molar refractivity (Wildman–Crippen MR) is 61.8 cm³/mol. The van der Waals surface area contributed by atoms with Gasteiger partial charge in [0.25, 0.3) is 5.69 Å². The van der Waals surface area contributed by atoms with Crippen LogP contribution in [0.5, 0.6) is 0 Å². The van der Waals surface area contributed by atoms with Gasteiger partial charge in [-0.2, -0.15) is 0 Å². The second-order valence-corrected chi connectivity index (χ2v) is 3.70. The van der Waals surface area contributed by atoms with Crippen LogP contribution in [-0.4, -0.2) is 22.7 Å². The Hall–Kier alpha value is -1.17. The molecule has 1 heterocycles. The lowest BCUT2D eigenvalue weighted by Crippen LogP contribution is -2.24. The molecule has 1 aliphatic heterocycles. The Labute approximate surface area is 99.0 Å². The fourth-order valence-corrected chi connectivity index (χ4v) is 1.79. The summed E-state index contributed by atoms with van der Waals surface area (Å²) in [5.74, 6) is 0. The molecule has 0 saturated carbocycles. The molecule has 6 heteroatoms. The molecular formula is C10H13ClN2O3. The molecule has 2 N–H and O–H groups in total. The van der Waals surface area contributed by atoms with Crippen LogP contribution in [0.15, 0.2) is 18.2 Å². The molecule has 1 unspecified atom stereocenters. The second kappa shape index (κ2) is 5.25. The predicted octanol–water partition coefficient (Wildman–Crippen LogP) is 1.02. The third-order valence-corrected chi connectivity index (χ3v) is 2.55. The van der Waals surface area contributed by atoms with E-state index in [-0.39, 0.29) is 18.1 Å². The van der Waals surface area contributed by atoms with Crippen molar-refractivity contribution in [1.82, 2.24) is 5.32 Å². The van der Waals surface area contributed by atoms with E-state index in [2.05, 4.69) is 5.32 Å². The lowest BCUT2D eigenvalue weighted by molar-refractivity contribution is -0.384. The zero-order valence-electron chi connectivity index (χ0n) is 8.55. The molecule has 1 aromatic rings. The fraction of sp³-hybridized carbons (Fsp3) is 0.400. The SMILES string of the molecule is Cl.O=[N+]([O-])c1ccc2c(c1)CNCC(O)C2. The molecule has 0 aromatic heterocycles. The van der Waals surface area contributed by atoms with Gasteiger partial charge in [-0.1, -0.05) is 6.07 Å². The van der Waals surface area contributed by atoms with Crippen molar-refractivity contribution in [3.8, 4) is 0 Å². The number of fused-ring (bicyclic) bond motifs is 1. The number of hydrogen-bond donors (Lipinski definition) is 2. The zero-order valence-corrected chi connectivity index (χ0v) is 9.37. The first-order valence-electron chi connectivity index (χ1n) is 4.82. The van der Waals surface area contributed by atoms with Crippen LogP contribution in [0.4, 0.5) is 5.69 Å². The van der Waals surface area contributed by atoms with Crippen LogP contribution in [0.25, 0.3) is 0 Å². The largest absolute Gasteiger partial charge is 0.391 e. The number of benzene rings is 1. The monoisotopic (exact) mass is 244 g/mol. The first-order chi connectivity index (χ1) is 7.16. The molecule has 0 fully saturated rings. The Bertz CT molecular complexity index is 398. The fourth-order valence-electron chi connectivity index (χ4n) is 1.79. The van der Waals surface area contributed by atoms with Gasteiger partial charge in [0.1, 0.15) is 0 Å². The minimum Gasteiger partial charge on any atom is -0.391 e. The van der Waals surface area contributed by atoms with Crippen LogP contribution in [0.2, 0.25) is 0 Å². The van der Waals surface area contributed by atoms with Crippen LogP contribution >= 0.6 is 12.4 Å². The van der Waals surface area contributed by atoms with E-state index in [9.17, 15) is 15.2 Å². The summed E-state index contributed by atoms with van der Waals surface area (Å²) in [4.78, 5) is 10.2. The maximum absolute atomic E-state index is 10.6. The van der Waals surface area contributed by atoms with Gasteiger partial charge >= 0.3 is 0 Å². The Morgan fingerprint density at radius 1 is 1.44 bits per heavy atom. The van der Waals surface area contributed by atoms with Crippen molar-refractivity contribution in [2.24, 2.45) is 0 Å². The quantitative estimate of drug-likeness (QED) is 0.571. The lowest BCUT2D eigenvalue weighted by Gasteiger charge is -2.06. The number of non-ortho nitro benzene ring substituents is 1. The van der Waals surface area contributed by atoms with Crippen LogP contribution in [0.1, 0.15) is 11.1 Å². The van der Waals surface area contributed by atoms with Crippen LogP contribution < -0.4 is 5.32 Å². The molecule has 0 amide bonds. The van der Waals surface area contributed by atoms with Crippen molar-refractivity contribution in [2.45, 2.75) is 19.1 Å². The molecule has 0 spiro atoms. The molecule has 2 rings (SSSR count). The molecule has 0 aliphatic carbocycles. The number of aliphatic hydroxyl groups is 1. The Morgan fingerprint density at radius 2 is 2.19 bits per heavy atom. The normalized spacial score (nSPS) is 19.2. The molecule has 0 bridgehead atoms. The Balaban J connectivity index is 0.00000128. The zero-order chi connectivity index (χ0) is 10.8. The van der Waals surface area contributed by atoms with Gasteiger partial charge in [0, 0.05) is 25.2 Å². The van der Waals surface area contributed by atoms with Crippen molar-refractivity contribution in [3.63, 3.8) is 0 Å². The van der Waals surface area contributed by atoms with E-state index >= 15 is 0 Å². The highest BCUT2D eigenvalue weighted by molar-refractivity contribution is 5.85. The van der Waals surface area contributed by atoms with Crippen molar-refractivity contribution < 1.29 is 10.0 Å². The summed E-state index contributed by atoms with van der Waals surface area (Å²) >= 11 is 0. The van der Waals surface area contributed by atoms with Gasteiger partial charge in [-0.05, 0) is 17.5 Å². The maximum Gasteiger partial charge on any atom is 0.269 e. The summed E-state index contributed by atoms with van der Waals surface area (Å²) in [6.07, 6.45) is 0.146. The van der Waals surface area contributed by atoms with Gasteiger partial charge in [-0.3, -0.25) is 10.1 Å². The van der Waals surface area contributed by atoms with Crippen molar-refractivity contribution in [2.75, 3.05) is 6.54 Å². The van der Waals surface area contributed by atoms with Crippen LogP contribution in [0, 0.1) is 10.1 Å². The van der Waals surface area contributed by atoms with Gasteiger partial charge < -0.3 is 10.4 Å².